The predicted molar refractivity (Wildman–Crippen MR) is 144 cm³/mol. The van der Waals surface area contributed by atoms with Crippen LogP contribution < -0.4 is 5.32 Å². The lowest BCUT2D eigenvalue weighted by Crippen LogP contribution is -2.50. The smallest absolute Gasteiger partial charge is 0.410 e. The molecule has 1 saturated heterocycles. The number of anilines is 1. The highest BCUT2D eigenvalue weighted by atomic mass is 32.1. The number of hydrogen-bond donors (Lipinski definition) is 1. The summed E-state index contributed by atoms with van der Waals surface area (Å²) in [6, 6.07) is 4.71. The number of benzene rings is 1. The fraction of sp³-hybridized carbons (Fsp3) is 0.500. The van der Waals surface area contributed by atoms with Crippen molar-refractivity contribution in [1.29, 1.82) is 0 Å². The van der Waals surface area contributed by atoms with Crippen LogP contribution in [0.4, 0.5) is 9.93 Å². The number of hydrogen-bond acceptors (Lipinski definition) is 8. The van der Waals surface area contributed by atoms with Crippen molar-refractivity contribution in [3.05, 3.63) is 52.0 Å². The molecule has 4 heterocycles. The number of amides is 2. The molecule has 202 valence electrons. The fourth-order valence-electron chi connectivity index (χ4n) is 5.36. The van der Waals surface area contributed by atoms with Crippen LogP contribution in [0.15, 0.2) is 29.7 Å². The van der Waals surface area contributed by atoms with Crippen molar-refractivity contribution in [3.8, 4) is 0 Å². The molecule has 1 fully saturated rings. The summed E-state index contributed by atoms with van der Waals surface area (Å²) >= 11 is 1.48. The molecule has 0 spiro atoms. The Morgan fingerprint density at radius 1 is 1.32 bits per heavy atom. The van der Waals surface area contributed by atoms with Crippen molar-refractivity contribution in [2.75, 3.05) is 19.0 Å². The van der Waals surface area contributed by atoms with Gasteiger partial charge >= 0.3 is 12.1 Å². The topological polar surface area (TPSA) is 101 Å². The average Bonchev–Trinajstić information content (AvgIpc) is 3.66. The minimum Gasteiger partial charge on any atom is -0.467 e. The second-order valence-corrected chi connectivity index (χ2v) is 11.1. The minimum atomic E-state index is -0.816. The number of thiazole rings is 1. The van der Waals surface area contributed by atoms with E-state index in [1.807, 2.05) is 31.4 Å². The second-order valence-electron chi connectivity index (χ2n) is 10.2. The third kappa shape index (κ3) is 5.27. The number of carbonyl (C=O) groups is 3. The van der Waals surface area contributed by atoms with Gasteiger partial charge in [-0.1, -0.05) is 50.6 Å². The molecule has 10 heteroatoms. The average molecular weight is 539 g/mol. The van der Waals surface area contributed by atoms with Crippen LogP contribution in [-0.2, 0) is 38.6 Å². The zero-order chi connectivity index (χ0) is 26.8. The van der Waals surface area contributed by atoms with Gasteiger partial charge in [-0.05, 0) is 35.4 Å². The van der Waals surface area contributed by atoms with E-state index in [0.29, 0.717) is 18.2 Å². The first kappa shape index (κ1) is 26.2. The summed E-state index contributed by atoms with van der Waals surface area (Å²) in [5.41, 5.74) is 4.27. The Morgan fingerprint density at radius 3 is 2.95 bits per heavy atom. The molecule has 38 heavy (non-hydrogen) atoms. The lowest BCUT2D eigenvalue weighted by atomic mass is 9.97. The summed E-state index contributed by atoms with van der Waals surface area (Å²) in [5.74, 6) is -0.740. The van der Waals surface area contributed by atoms with Crippen LogP contribution in [0.1, 0.15) is 55.5 Å². The molecule has 0 saturated carbocycles. The summed E-state index contributed by atoms with van der Waals surface area (Å²) in [6.45, 7) is 5.09. The number of ether oxygens (including phenoxy) is 2. The zero-order valence-electron chi connectivity index (χ0n) is 22.0. The minimum absolute atomic E-state index is 0.0110. The molecule has 5 rings (SSSR count). The van der Waals surface area contributed by atoms with Crippen LogP contribution in [0, 0.1) is 5.92 Å². The monoisotopic (exact) mass is 538 g/mol. The number of aromatic nitrogens is 1. The highest BCUT2D eigenvalue weighted by Crippen LogP contribution is 2.31. The molecule has 3 aliphatic rings. The normalized spacial score (nSPS) is 25.1. The van der Waals surface area contributed by atoms with Crippen LogP contribution >= 0.6 is 11.3 Å². The van der Waals surface area contributed by atoms with Crippen molar-refractivity contribution < 1.29 is 23.9 Å². The molecule has 2 aromatic rings. The Hall–Kier alpha value is -3.40. The Kier molecular flexibility index (Phi) is 7.69. The standard InChI is InChI=1S/C28H34N4O5S/c1-4-17(2)24-25(33)32-14-21(12-23(32)26(34)36-3)37-28(35)31-13-19-10-7-9-18(22(19)15-31)8-5-6-11-20-16-38-27(29-20)30-24/h5,7-10,16-17,21,23-24H,4,6,11-15H2,1-3H3,(H,29,30)/b8-5+/t17-,21+,23-,24-/m0/s1. The largest absolute Gasteiger partial charge is 0.467 e. The van der Waals surface area contributed by atoms with Crippen molar-refractivity contribution in [1.82, 2.24) is 14.8 Å². The summed E-state index contributed by atoms with van der Waals surface area (Å²) in [7, 11) is 1.31. The van der Waals surface area contributed by atoms with E-state index in [1.54, 1.807) is 4.90 Å². The number of aryl methyl sites for hydroxylation is 1. The molecule has 2 amide bonds. The van der Waals surface area contributed by atoms with E-state index in [2.05, 4.69) is 23.5 Å². The van der Waals surface area contributed by atoms with E-state index in [9.17, 15) is 14.4 Å². The third-order valence-corrected chi connectivity index (χ3v) is 8.56. The quantitative estimate of drug-likeness (QED) is 0.584. The van der Waals surface area contributed by atoms with E-state index < -0.39 is 30.3 Å². The first-order valence-corrected chi connectivity index (χ1v) is 14.1. The first-order valence-electron chi connectivity index (χ1n) is 13.2. The number of fused-ring (bicyclic) bond motifs is 5. The molecule has 1 N–H and O–H groups in total. The summed E-state index contributed by atoms with van der Waals surface area (Å²) < 4.78 is 10.9. The van der Waals surface area contributed by atoms with Gasteiger partial charge in [-0.2, -0.15) is 0 Å². The van der Waals surface area contributed by atoms with Crippen LogP contribution in [-0.4, -0.2) is 64.6 Å². The zero-order valence-corrected chi connectivity index (χ0v) is 22.8. The molecule has 0 aliphatic carbocycles. The van der Waals surface area contributed by atoms with Gasteiger partial charge in [0.05, 0.1) is 25.9 Å². The van der Waals surface area contributed by atoms with Crippen molar-refractivity contribution in [3.63, 3.8) is 0 Å². The summed E-state index contributed by atoms with van der Waals surface area (Å²) in [5, 5.41) is 6.04. The van der Waals surface area contributed by atoms with Gasteiger partial charge in [0, 0.05) is 18.3 Å². The number of nitrogens with one attached hydrogen (secondary N) is 1. The maximum Gasteiger partial charge on any atom is 0.410 e. The first-order chi connectivity index (χ1) is 18.4. The lowest BCUT2D eigenvalue weighted by Gasteiger charge is -2.30. The van der Waals surface area contributed by atoms with E-state index in [0.717, 1.165) is 41.6 Å². The molecule has 1 aromatic carbocycles. The number of allylic oxidation sites excluding steroid dienone is 1. The van der Waals surface area contributed by atoms with Crippen LogP contribution in [0.3, 0.4) is 0 Å². The molecule has 0 unspecified atom stereocenters. The van der Waals surface area contributed by atoms with Gasteiger partial charge in [0.15, 0.2) is 5.13 Å². The van der Waals surface area contributed by atoms with E-state index in [-0.39, 0.29) is 24.8 Å². The highest BCUT2D eigenvalue weighted by Gasteiger charge is 2.45. The molecule has 0 radical (unpaired) electrons. The van der Waals surface area contributed by atoms with Crippen LogP contribution in [0.5, 0.6) is 0 Å². The SMILES string of the molecule is CC[C@H](C)[C@@H]1Nc2nc(cs2)CC/C=C/c2cccc3c2CN(C3)C(=O)O[C@@H]2C[C@@H](C(=O)OC)N(C2)C1=O. The number of esters is 1. The Balaban J connectivity index is 1.47. The molecular weight excluding hydrogens is 504 g/mol. The molecule has 1 aromatic heterocycles. The van der Waals surface area contributed by atoms with Gasteiger partial charge in [0.1, 0.15) is 18.2 Å². The number of rotatable bonds is 3. The van der Waals surface area contributed by atoms with Gasteiger partial charge in [-0.25, -0.2) is 14.6 Å². The van der Waals surface area contributed by atoms with E-state index >= 15 is 0 Å². The van der Waals surface area contributed by atoms with E-state index in [4.69, 9.17) is 14.5 Å². The molecular formula is C28H34N4O5S. The maximum atomic E-state index is 13.9. The van der Waals surface area contributed by atoms with E-state index in [1.165, 1.54) is 23.3 Å². The molecule has 6 bridgehead atoms. The Morgan fingerprint density at radius 2 is 2.16 bits per heavy atom. The number of carbonyl (C=O) groups excluding carboxylic acids is 3. The van der Waals surface area contributed by atoms with Crippen molar-refractivity contribution >= 4 is 40.5 Å². The van der Waals surface area contributed by atoms with Gasteiger partial charge < -0.3 is 19.7 Å². The van der Waals surface area contributed by atoms with Gasteiger partial charge in [-0.15, -0.1) is 11.3 Å². The van der Waals surface area contributed by atoms with Crippen molar-refractivity contribution in [2.45, 2.75) is 70.8 Å². The molecule has 4 atom stereocenters. The summed E-state index contributed by atoms with van der Waals surface area (Å²) in [4.78, 5) is 47.7. The van der Waals surface area contributed by atoms with Crippen molar-refractivity contribution in [2.24, 2.45) is 5.92 Å². The third-order valence-electron chi connectivity index (χ3n) is 7.74. The van der Waals surface area contributed by atoms with Crippen LogP contribution in [0.25, 0.3) is 6.08 Å². The summed E-state index contributed by atoms with van der Waals surface area (Å²) in [6.07, 6.45) is 5.77. The van der Waals surface area contributed by atoms with Gasteiger partial charge in [-0.3, -0.25) is 9.69 Å². The fourth-order valence-corrected chi connectivity index (χ4v) is 6.14. The second kappa shape index (κ2) is 11.1. The Bertz CT molecular complexity index is 1240. The van der Waals surface area contributed by atoms with Crippen LogP contribution in [0.2, 0.25) is 0 Å². The Labute approximate surface area is 226 Å². The number of nitrogens with zero attached hydrogens (tertiary/aromatic N) is 3. The molecule has 3 aliphatic heterocycles. The maximum absolute atomic E-state index is 13.9. The van der Waals surface area contributed by atoms with Gasteiger partial charge in [0.2, 0.25) is 5.91 Å². The van der Waals surface area contributed by atoms with Gasteiger partial charge in [0.25, 0.3) is 0 Å². The highest BCUT2D eigenvalue weighted by molar-refractivity contribution is 7.13. The number of methoxy groups -OCH3 is 1. The lowest BCUT2D eigenvalue weighted by molar-refractivity contribution is -0.151. The molecule has 9 nitrogen and oxygen atoms in total. The predicted octanol–water partition coefficient (Wildman–Crippen LogP) is 4.22.